The van der Waals surface area contributed by atoms with Crippen LogP contribution in [0.3, 0.4) is 0 Å². The topological polar surface area (TPSA) is 18.5 Å². The molecule has 0 spiro atoms. The van der Waals surface area contributed by atoms with Crippen LogP contribution in [0.25, 0.3) is 0 Å². The van der Waals surface area contributed by atoms with E-state index in [1.807, 2.05) is 0 Å². The number of hydrogen-bond acceptors (Lipinski definition) is 2. The third-order valence-corrected chi connectivity index (χ3v) is 7.18. The van der Waals surface area contributed by atoms with E-state index in [-0.39, 0.29) is 0 Å². The molecule has 0 radical (unpaired) electrons. The average Bonchev–Trinajstić information content (AvgIpc) is 2.77. The molecule has 0 atom stereocenters. The van der Waals surface area contributed by atoms with E-state index in [0.717, 1.165) is 26.1 Å². The molecule has 1 rings (SSSR count). The Labute approximate surface area is 99.2 Å². The highest BCUT2D eigenvalue weighted by Crippen LogP contribution is 2.41. The lowest BCUT2D eigenvalue weighted by Gasteiger charge is -2.29. The van der Waals surface area contributed by atoms with Gasteiger partial charge < -0.3 is 8.85 Å². The number of rotatable bonds is 7. The minimum atomic E-state index is -2.39. The molecule has 4 heteroatoms. The Hall–Kier alpha value is 0.427. The molecule has 0 amide bonds. The van der Waals surface area contributed by atoms with E-state index >= 15 is 0 Å². The monoisotopic (exact) mass is 250 g/mol. The highest BCUT2D eigenvalue weighted by molar-refractivity contribution is 7.13. The molecule has 2 nitrogen and oxygen atoms in total. The summed E-state index contributed by atoms with van der Waals surface area (Å²) >= 11 is 6.60. The van der Waals surface area contributed by atoms with Crippen LogP contribution < -0.4 is 0 Å². The van der Waals surface area contributed by atoms with Crippen molar-refractivity contribution in [2.24, 2.45) is 0 Å². The standard InChI is InChI=1S/C11H23ClO2Si/c1-3-9-13-15(12,14-10-4-2)11-7-5-6-8-11/h11H,3-10H2,1-2H3. The van der Waals surface area contributed by atoms with Crippen LogP contribution in [0.2, 0.25) is 5.54 Å². The second-order valence-corrected chi connectivity index (χ2v) is 8.40. The maximum atomic E-state index is 6.60. The van der Waals surface area contributed by atoms with Gasteiger partial charge in [-0.25, -0.2) is 0 Å². The van der Waals surface area contributed by atoms with E-state index in [0.29, 0.717) is 5.54 Å². The van der Waals surface area contributed by atoms with E-state index in [9.17, 15) is 0 Å². The largest absolute Gasteiger partial charge is 0.446 e. The summed E-state index contributed by atoms with van der Waals surface area (Å²) in [5, 5.41) is 0. The molecule has 0 aromatic heterocycles. The van der Waals surface area contributed by atoms with Crippen LogP contribution in [0.5, 0.6) is 0 Å². The van der Waals surface area contributed by atoms with Crippen LogP contribution in [0.4, 0.5) is 0 Å². The molecule has 1 saturated carbocycles. The lowest BCUT2D eigenvalue weighted by Crippen LogP contribution is -2.41. The fraction of sp³-hybridized carbons (Fsp3) is 1.00. The second kappa shape index (κ2) is 6.89. The first-order chi connectivity index (χ1) is 7.23. The molecule has 15 heavy (non-hydrogen) atoms. The Bertz CT molecular complexity index is 164. The van der Waals surface area contributed by atoms with E-state index in [1.54, 1.807) is 0 Å². The van der Waals surface area contributed by atoms with Gasteiger partial charge in [-0.15, -0.1) is 0 Å². The van der Waals surface area contributed by atoms with Crippen LogP contribution in [0.15, 0.2) is 0 Å². The summed E-state index contributed by atoms with van der Waals surface area (Å²) in [5.41, 5.74) is 0.511. The average molecular weight is 251 g/mol. The lowest BCUT2D eigenvalue weighted by atomic mass is 10.4. The van der Waals surface area contributed by atoms with Crippen molar-refractivity contribution in [1.82, 2.24) is 0 Å². The second-order valence-electron chi connectivity index (χ2n) is 4.26. The molecule has 1 fully saturated rings. The Morgan fingerprint density at radius 3 is 1.93 bits per heavy atom. The van der Waals surface area contributed by atoms with Gasteiger partial charge in [0.15, 0.2) is 0 Å². The zero-order chi connectivity index (χ0) is 11.1. The first kappa shape index (κ1) is 13.5. The van der Waals surface area contributed by atoms with E-state index in [1.165, 1.54) is 25.7 Å². The highest BCUT2D eigenvalue weighted by atomic mass is 35.6. The summed E-state index contributed by atoms with van der Waals surface area (Å²) in [6.07, 6.45) is 7.01. The summed E-state index contributed by atoms with van der Waals surface area (Å²) in [6.45, 7) is 5.71. The maximum absolute atomic E-state index is 6.60. The molecule has 0 aromatic rings. The van der Waals surface area contributed by atoms with Gasteiger partial charge >= 0.3 is 7.87 Å². The molecule has 0 heterocycles. The Morgan fingerprint density at radius 1 is 1.07 bits per heavy atom. The molecule has 1 aliphatic rings. The Balaban J connectivity index is 2.48. The Kier molecular flexibility index (Phi) is 6.20. The zero-order valence-corrected chi connectivity index (χ0v) is 11.7. The van der Waals surface area contributed by atoms with Crippen molar-refractivity contribution < 1.29 is 8.85 Å². The van der Waals surface area contributed by atoms with Crippen LogP contribution in [-0.2, 0) is 8.85 Å². The minimum Gasteiger partial charge on any atom is -0.383 e. The third-order valence-electron chi connectivity index (χ3n) is 2.85. The predicted molar refractivity (Wildman–Crippen MR) is 66.3 cm³/mol. The molecule has 0 aromatic carbocycles. The smallest absolute Gasteiger partial charge is 0.383 e. The fourth-order valence-corrected chi connectivity index (χ4v) is 5.77. The summed E-state index contributed by atoms with van der Waals surface area (Å²) in [6, 6.07) is 0. The van der Waals surface area contributed by atoms with Gasteiger partial charge in [-0.2, -0.15) is 0 Å². The van der Waals surface area contributed by atoms with Crippen LogP contribution in [0, 0.1) is 0 Å². The first-order valence-corrected chi connectivity index (χ1v) is 9.10. The maximum Gasteiger partial charge on any atom is 0.446 e. The van der Waals surface area contributed by atoms with Crippen molar-refractivity contribution in [3.63, 3.8) is 0 Å². The summed E-state index contributed by atoms with van der Waals surface area (Å²) in [5.74, 6) is 0. The lowest BCUT2D eigenvalue weighted by molar-refractivity contribution is 0.177. The van der Waals surface area contributed by atoms with Crippen LogP contribution in [-0.4, -0.2) is 21.1 Å². The number of hydrogen-bond donors (Lipinski definition) is 0. The minimum absolute atomic E-state index is 0.511. The van der Waals surface area contributed by atoms with Gasteiger partial charge in [0.05, 0.1) is 0 Å². The molecule has 0 N–H and O–H groups in total. The van der Waals surface area contributed by atoms with Crippen molar-refractivity contribution in [3.05, 3.63) is 0 Å². The van der Waals surface area contributed by atoms with Crippen LogP contribution in [0.1, 0.15) is 52.4 Å². The van der Waals surface area contributed by atoms with Gasteiger partial charge in [0.2, 0.25) is 0 Å². The molecule has 1 aliphatic carbocycles. The van der Waals surface area contributed by atoms with Crippen molar-refractivity contribution in [2.45, 2.75) is 57.9 Å². The Morgan fingerprint density at radius 2 is 1.53 bits per heavy atom. The van der Waals surface area contributed by atoms with Gasteiger partial charge in [-0.3, -0.25) is 0 Å². The van der Waals surface area contributed by atoms with Crippen molar-refractivity contribution in [3.8, 4) is 0 Å². The zero-order valence-electron chi connectivity index (χ0n) is 9.93. The van der Waals surface area contributed by atoms with E-state index < -0.39 is 7.87 Å². The van der Waals surface area contributed by atoms with Gasteiger partial charge in [0.25, 0.3) is 0 Å². The third kappa shape index (κ3) is 4.06. The van der Waals surface area contributed by atoms with E-state index in [4.69, 9.17) is 19.9 Å². The SMILES string of the molecule is CCCO[Si](Cl)(OCCC)C1CCCC1. The normalized spacial score (nSPS) is 18.6. The molecule has 0 aliphatic heterocycles. The van der Waals surface area contributed by atoms with Gasteiger partial charge in [-0.05, 0) is 25.7 Å². The summed E-state index contributed by atoms with van der Waals surface area (Å²) < 4.78 is 11.7. The molecular weight excluding hydrogens is 228 g/mol. The molecule has 0 bridgehead atoms. The van der Waals surface area contributed by atoms with Gasteiger partial charge in [-0.1, -0.05) is 37.8 Å². The van der Waals surface area contributed by atoms with Crippen molar-refractivity contribution in [1.29, 1.82) is 0 Å². The number of halogens is 1. The highest BCUT2D eigenvalue weighted by Gasteiger charge is 2.46. The van der Waals surface area contributed by atoms with Crippen molar-refractivity contribution in [2.75, 3.05) is 13.2 Å². The quantitative estimate of drug-likeness (QED) is 0.503. The van der Waals surface area contributed by atoms with Crippen LogP contribution >= 0.6 is 11.1 Å². The molecule has 0 saturated heterocycles. The first-order valence-electron chi connectivity index (χ1n) is 6.19. The summed E-state index contributed by atoms with van der Waals surface area (Å²) in [4.78, 5) is 0. The van der Waals surface area contributed by atoms with Crippen molar-refractivity contribution >= 4 is 18.9 Å². The fourth-order valence-electron chi connectivity index (χ4n) is 2.03. The van der Waals surface area contributed by atoms with Gasteiger partial charge in [0, 0.05) is 18.8 Å². The predicted octanol–water partition coefficient (Wildman–Crippen LogP) is 3.96. The molecular formula is C11H23ClO2Si. The molecule has 0 unspecified atom stereocenters. The van der Waals surface area contributed by atoms with E-state index in [2.05, 4.69) is 13.8 Å². The molecule has 90 valence electrons. The summed E-state index contributed by atoms with van der Waals surface area (Å²) in [7, 11) is -2.39. The van der Waals surface area contributed by atoms with Gasteiger partial charge in [0.1, 0.15) is 0 Å².